The number of carbonyl (C=O) groups excluding carboxylic acids is 2. The lowest BCUT2D eigenvalue weighted by atomic mass is 10.0. The number of rotatable bonds is 82. The minimum absolute atomic E-state index is 0.0246. The molecule has 0 radical (unpaired) electrons. The molecule has 94 heavy (non-hydrogen) atoms. The molecule has 556 valence electrons. The molecule has 0 aromatic rings. The highest BCUT2D eigenvalue weighted by atomic mass is 16.5. The summed E-state index contributed by atoms with van der Waals surface area (Å²) >= 11 is 0. The zero-order valence-corrected chi connectivity index (χ0v) is 64.0. The third kappa shape index (κ3) is 79.1. The molecule has 0 spiro atoms. The van der Waals surface area contributed by atoms with Crippen LogP contribution in [-0.2, 0) is 14.3 Å². The van der Waals surface area contributed by atoms with Gasteiger partial charge in [-0.1, -0.05) is 448 Å². The van der Waals surface area contributed by atoms with Crippen LogP contribution in [0.2, 0.25) is 0 Å². The minimum atomic E-state index is -0.844. The summed E-state index contributed by atoms with van der Waals surface area (Å²) in [6.45, 7) is 4.97. The first-order valence-electron chi connectivity index (χ1n) is 43.3. The lowest BCUT2D eigenvalue weighted by Gasteiger charge is -2.20. The number of unbranched alkanes of at least 4 members (excludes halogenated alkanes) is 67. The quantitative estimate of drug-likeness (QED) is 0.0320. The molecule has 0 rings (SSSR count). The second-order valence-corrected chi connectivity index (χ2v) is 29.9. The molecule has 2 unspecified atom stereocenters. The molecule has 0 aliphatic heterocycles. The number of ether oxygens (including phenoxy) is 1. The van der Waals surface area contributed by atoms with Crippen LogP contribution in [-0.4, -0.2) is 47.4 Å². The van der Waals surface area contributed by atoms with Gasteiger partial charge in [0.05, 0.1) is 25.4 Å². The summed E-state index contributed by atoms with van der Waals surface area (Å²) in [5.41, 5.74) is 0. The van der Waals surface area contributed by atoms with Crippen molar-refractivity contribution >= 4 is 11.9 Å². The van der Waals surface area contributed by atoms with Crippen LogP contribution < -0.4 is 5.32 Å². The van der Waals surface area contributed by atoms with E-state index >= 15 is 0 Å². The number of esters is 1. The molecule has 1 amide bonds. The number of amides is 1. The summed E-state index contributed by atoms with van der Waals surface area (Å²) in [6, 6.07) is -0.627. The predicted octanol–water partition coefficient (Wildman–Crippen LogP) is 28.9. The largest absolute Gasteiger partial charge is 0.466 e. The fourth-order valence-electron chi connectivity index (χ4n) is 13.8. The van der Waals surface area contributed by atoms with Gasteiger partial charge in [-0.25, -0.2) is 0 Å². The summed E-state index contributed by atoms with van der Waals surface area (Å²) in [4.78, 5) is 24.7. The molecular formula is C88H169NO5. The standard InChI is InChI=1S/C88H169NO5/c1-3-5-7-9-11-13-15-17-19-21-22-23-43-46-49-52-56-60-64-68-72-76-80-86(91)85(84-90)89-87(92)81-77-73-69-65-61-57-53-50-47-44-41-39-37-35-33-31-29-27-25-24-26-28-30-32-34-36-38-40-42-45-48-51-55-59-63-67-71-75-79-83-94-88(93)82-78-74-70-66-62-58-54-20-18-16-14-12-10-8-6-4-2/h24-25,28,30,76,80,85-86,90-91H,3-23,26-27,29,31-75,77-79,81-84H2,1-2H3,(H,89,92)/b25-24-,30-28-,80-76+. The van der Waals surface area contributed by atoms with Gasteiger partial charge in [-0.15, -0.1) is 0 Å². The third-order valence-electron chi connectivity index (χ3n) is 20.4. The number of allylic oxidation sites excluding steroid dienone is 5. The lowest BCUT2D eigenvalue weighted by molar-refractivity contribution is -0.143. The maximum atomic E-state index is 12.6. The number of carbonyl (C=O) groups is 2. The molecule has 0 heterocycles. The van der Waals surface area contributed by atoms with Gasteiger partial charge < -0.3 is 20.3 Å². The number of hydrogen-bond donors (Lipinski definition) is 3. The molecule has 0 aliphatic carbocycles. The van der Waals surface area contributed by atoms with Crippen molar-refractivity contribution in [3.63, 3.8) is 0 Å². The highest BCUT2D eigenvalue weighted by Crippen LogP contribution is 2.20. The third-order valence-corrected chi connectivity index (χ3v) is 20.4. The number of nitrogens with one attached hydrogen (secondary N) is 1. The Hall–Kier alpha value is -1.92. The van der Waals surface area contributed by atoms with Gasteiger partial charge in [0.2, 0.25) is 5.91 Å². The average molecular weight is 1320 g/mol. The van der Waals surface area contributed by atoms with E-state index in [1.54, 1.807) is 6.08 Å². The van der Waals surface area contributed by atoms with Gasteiger partial charge in [0.15, 0.2) is 0 Å². The Morgan fingerprint density at radius 1 is 0.298 bits per heavy atom. The van der Waals surface area contributed by atoms with Gasteiger partial charge in [-0.2, -0.15) is 0 Å². The second-order valence-electron chi connectivity index (χ2n) is 29.9. The first kappa shape index (κ1) is 92.1. The van der Waals surface area contributed by atoms with E-state index in [-0.39, 0.29) is 18.5 Å². The van der Waals surface area contributed by atoms with Crippen LogP contribution in [0.1, 0.15) is 489 Å². The number of aliphatic hydroxyl groups excluding tert-OH is 2. The van der Waals surface area contributed by atoms with Gasteiger partial charge >= 0.3 is 5.97 Å². The van der Waals surface area contributed by atoms with E-state index in [9.17, 15) is 19.8 Å². The molecular weight excluding hydrogens is 1150 g/mol. The SMILES string of the molecule is CCCCCCCCCCCCCCCCCCCCCC/C=C/C(O)C(CO)NC(=O)CCCCCCCCCCCCCCCCCCC/C=C\C/C=C\CCCCCCCCCCCCCCCCCOC(=O)CCCCCCCCCCCCCCCCCC. The van der Waals surface area contributed by atoms with E-state index < -0.39 is 12.1 Å². The highest BCUT2D eigenvalue weighted by molar-refractivity contribution is 5.76. The average Bonchev–Trinajstić information content (AvgIpc) is 3.68. The van der Waals surface area contributed by atoms with Crippen molar-refractivity contribution in [3.05, 3.63) is 36.5 Å². The molecule has 0 saturated heterocycles. The monoisotopic (exact) mass is 1320 g/mol. The normalized spacial score (nSPS) is 12.6. The topological polar surface area (TPSA) is 95.9 Å². The Bertz CT molecular complexity index is 1520. The molecule has 0 aromatic heterocycles. The Kier molecular flexibility index (Phi) is 81.8. The van der Waals surface area contributed by atoms with Gasteiger partial charge in [-0.05, 0) is 64.2 Å². The van der Waals surface area contributed by atoms with Gasteiger partial charge in [-0.3, -0.25) is 9.59 Å². The summed E-state index contributed by atoms with van der Waals surface area (Å²) in [6.07, 6.45) is 110. The maximum Gasteiger partial charge on any atom is 0.305 e. The molecule has 0 aliphatic rings. The molecule has 2 atom stereocenters. The lowest BCUT2D eigenvalue weighted by Crippen LogP contribution is -2.45. The van der Waals surface area contributed by atoms with Crippen molar-refractivity contribution in [2.75, 3.05) is 13.2 Å². The van der Waals surface area contributed by atoms with Gasteiger partial charge in [0, 0.05) is 12.8 Å². The van der Waals surface area contributed by atoms with E-state index in [0.717, 1.165) is 44.9 Å². The van der Waals surface area contributed by atoms with E-state index in [1.807, 2.05) is 6.08 Å². The first-order valence-corrected chi connectivity index (χ1v) is 43.3. The predicted molar refractivity (Wildman–Crippen MR) is 416 cm³/mol. The van der Waals surface area contributed by atoms with Crippen LogP contribution in [0.25, 0.3) is 0 Å². The smallest absolute Gasteiger partial charge is 0.305 e. The molecule has 0 bridgehead atoms. The molecule has 0 fully saturated rings. The summed E-state index contributed by atoms with van der Waals surface area (Å²) in [5.74, 6) is -0.0352. The van der Waals surface area contributed by atoms with Gasteiger partial charge in [0.25, 0.3) is 0 Å². The van der Waals surface area contributed by atoms with Crippen LogP contribution in [0.15, 0.2) is 36.5 Å². The highest BCUT2D eigenvalue weighted by Gasteiger charge is 2.18. The first-order chi connectivity index (χ1) is 46.5. The van der Waals surface area contributed by atoms with Crippen molar-refractivity contribution in [3.8, 4) is 0 Å². The van der Waals surface area contributed by atoms with Crippen molar-refractivity contribution in [2.24, 2.45) is 0 Å². The van der Waals surface area contributed by atoms with E-state index in [1.165, 1.54) is 417 Å². The maximum absolute atomic E-state index is 12.6. The van der Waals surface area contributed by atoms with Crippen molar-refractivity contribution in [1.29, 1.82) is 0 Å². The molecule has 0 saturated carbocycles. The molecule has 6 heteroatoms. The fourth-order valence-corrected chi connectivity index (χ4v) is 13.8. The van der Waals surface area contributed by atoms with Crippen LogP contribution in [0.5, 0.6) is 0 Å². The second kappa shape index (κ2) is 83.5. The Labute approximate surface area is 589 Å². The molecule has 6 nitrogen and oxygen atoms in total. The molecule has 0 aromatic carbocycles. The fraction of sp³-hybridized carbons (Fsp3) is 0.909. The van der Waals surface area contributed by atoms with Crippen molar-refractivity contribution in [1.82, 2.24) is 5.32 Å². The van der Waals surface area contributed by atoms with Crippen LogP contribution >= 0.6 is 0 Å². The zero-order chi connectivity index (χ0) is 67.7. The van der Waals surface area contributed by atoms with Crippen molar-refractivity contribution < 1.29 is 24.5 Å². The Balaban J connectivity index is 3.36. The molecule has 3 N–H and O–H groups in total. The van der Waals surface area contributed by atoms with Crippen LogP contribution in [0, 0.1) is 0 Å². The van der Waals surface area contributed by atoms with Crippen LogP contribution in [0.3, 0.4) is 0 Å². The summed E-state index contributed by atoms with van der Waals surface area (Å²) in [5, 5.41) is 23.3. The van der Waals surface area contributed by atoms with Gasteiger partial charge in [0.1, 0.15) is 0 Å². The zero-order valence-electron chi connectivity index (χ0n) is 64.0. The van der Waals surface area contributed by atoms with E-state index in [0.29, 0.717) is 19.4 Å². The summed E-state index contributed by atoms with van der Waals surface area (Å²) < 4.78 is 5.51. The number of aliphatic hydroxyl groups is 2. The Morgan fingerprint density at radius 2 is 0.532 bits per heavy atom. The number of hydrogen-bond acceptors (Lipinski definition) is 5. The van der Waals surface area contributed by atoms with Crippen molar-refractivity contribution in [2.45, 2.75) is 501 Å². The summed E-state index contributed by atoms with van der Waals surface area (Å²) in [7, 11) is 0. The Morgan fingerprint density at radius 3 is 0.809 bits per heavy atom. The van der Waals surface area contributed by atoms with E-state index in [4.69, 9.17) is 4.74 Å². The van der Waals surface area contributed by atoms with E-state index in [2.05, 4.69) is 43.5 Å². The minimum Gasteiger partial charge on any atom is -0.466 e. The van der Waals surface area contributed by atoms with Crippen LogP contribution in [0.4, 0.5) is 0 Å².